The van der Waals surface area contributed by atoms with Crippen molar-refractivity contribution in [2.45, 2.75) is 39.3 Å². The van der Waals surface area contributed by atoms with E-state index in [1.54, 1.807) is 6.92 Å². The first-order valence-corrected chi connectivity index (χ1v) is 8.26. The van der Waals surface area contributed by atoms with Gasteiger partial charge in [-0.1, -0.05) is 13.5 Å². The van der Waals surface area contributed by atoms with Gasteiger partial charge in [0.2, 0.25) is 0 Å². The Balaban J connectivity index is 4.47. The molecule has 0 bridgehead atoms. The maximum atomic E-state index is 11.1. The van der Waals surface area contributed by atoms with Crippen molar-refractivity contribution in [3.8, 4) is 0 Å². The van der Waals surface area contributed by atoms with Crippen LogP contribution in [0.4, 0.5) is 0 Å². The molecular weight excluding hydrogens is 268 g/mol. The summed E-state index contributed by atoms with van der Waals surface area (Å²) in [6.07, 6.45) is 1.53. The lowest BCUT2D eigenvalue weighted by atomic mass is 10.5. The van der Waals surface area contributed by atoms with Gasteiger partial charge in [-0.15, -0.1) is 0 Å². The van der Waals surface area contributed by atoms with Crippen LogP contribution < -0.4 is 0 Å². The standard InChI is InChI=1S/C12H20O6Si/c1-5-12(15)16-8-7-9-19(6-2,17-10(3)13)18-11(4)14/h5H,1,6-9H2,2-4H3. The molecule has 0 aromatic rings. The topological polar surface area (TPSA) is 78.9 Å². The molecule has 0 rings (SSSR count). The van der Waals surface area contributed by atoms with Crippen molar-refractivity contribution in [2.75, 3.05) is 6.61 Å². The predicted octanol–water partition coefficient (Wildman–Crippen LogP) is 1.69. The number of rotatable bonds is 8. The summed E-state index contributed by atoms with van der Waals surface area (Å²) >= 11 is 0. The highest BCUT2D eigenvalue weighted by atomic mass is 28.4. The molecule has 19 heavy (non-hydrogen) atoms. The van der Waals surface area contributed by atoms with Gasteiger partial charge >= 0.3 is 14.5 Å². The van der Waals surface area contributed by atoms with Crippen molar-refractivity contribution < 1.29 is 28.0 Å². The molecule has 0 N–H and O–H groups in total. The van der Waals surface area contributed by atoms with Crippen LogP contribution in [-0.4, -0.2) is 33.1 Å². The Bertz CT molecular complexity index is 336. The van der Waals surface area contributed by atoms with Crippen molar-refractivity contribution in [3.05, 3.63) is 12.7 Å². The van der Waals surface area contributed by atoms with Crippen LogP contribution in [0, 0.1) is 0 Å². The Morgan fingerprint density at radius 1 is 1.16 bits per heavy atom. The second kappa shape index (κ2) is 8.47. The fourth-order valence-electron chi connectivity index (χ4n) is 1.54. The van der Waals surface area contributed by atoms with Crippen LogP contribution in [0.2, 0.25) is 12.1 Å². The quantitative estimate of drug-likeness (QED) is 0.293. The van der Waals surface area contributed by atoms with Gasteiger partial charge in [0.05, 0.1) is 6.61 Å². The number of carbonyl (C=O) groups excluding carboxylic acids is 3. The van der Waals surface area contributed by atoms with Crippen molar-refractivity contribution in [2.24, 2.45) is 0 Å². The molecule has 108 valence electrons. The monoisotopic (exact) mass is 288 g/mol. The van der Waals surface area contributed by atoms with Crippen molar-refractivity contribution in [3.63, 3.8) is 0 Å². The molecule has 0 unspecified atom stereocenters. The molecule has 0 heterocycles. The molecule has 0 atom stereocenters. The molecule has 0 aromatic carbocycles. The van der Waals surface area contributed by atoms with Crippen LogP contribution >= 0.6 is 0 Å². The molecule has 0 amide bonds. The first kappa shape index (κ1) is 17.4. The van der Waals surface area contributed by atoms with Gasteiger partial charge in [0.25, 0.3) is 11.9 Å². The SMILES string of the molecule is C=CC(=O)OCCC[Si](CC)(OC(C)=O)OC(C)=O. The number of hydrogen-bond acceptors (Lipinski definition) is 6. The average molecular weight is 288 g/mol. The summed E-state index contributed by atoms with van der Waals surface area (Å²) in [6, 6.07) is 0.856. The van der Waals surface area contributed by atoms with Crippen molar-refractivity contribution in [1.29, 1.82) is 0 Å². The molecular formula is C12H20O6Si. The molecule has 0 saturated heterocycles. The van der Waals surface area contributed by atoms with E-state index in [4.69, 9.17) is 13.6 Å². The largest absolute Gasteiger partial charge is 0.485 e. The van der Waals surface area contributed by atoms with Gasteiger partial charge in [-0.3, -0.25) is 9.59 Å². The van der Waals surface area contributed by atoms with Crippen LogP contribution in [0.25, 0.3) is 0 Å². The zero-order valence-electron chi connectivity index (χ0n) is 11.6. The zero-order chi connectivity index (χ0) is 14.9. The molecule has 0 radical (unpaired) electrons. The smallest absolute Gasteiger partial charge is 0.464 e. The van der Waals surface area contributed by atoms with E-state index in [1.165, 1.54) is 13.8 Å². The molecule has 0 spiro atoms. The molecule has 0 fully saturated rings. The summed E-state index contributed by atoms with van der Waals surface area (Å²) in [5, 5.41) is 0. The van der Waals surface area contributed by atoms with E-state index in [0.717, 1.165) is 6.08 Å². The molecule has 0 saturated carbocycles. The average Bonchev–Trinajstić information content (AvgIpc) is 2.32. The van der Waals surface area contributed by atoms with Crippen molar-refractivity contribution in [1.82, 2.24) is 0 Å². The summed E-state index contributed by atoms with van der Waals surface area (Å²) in [5.41, 5.74) is 0. The van der Waals surface area contributed by atoms with Gasteiger partial charge in [0, 0.05) is 32.0 Å². The van der Waals surface area contributed by atoms with Gasteiger partial charge in [0.1, 0.15) is 0 Å². The number of hydrogen-bond donors (Lipinski definition) is 0. The van der Waals surface area contributed by atoms with E-state index in [0.29, 0.717) is 18.5 Å². The molecule has 6 nitrogen and oxygen atoms in total. The van der Waals surface area contributed by atoms with E-state index in [1.807, 2.05) is 0 Å². The Labute approximate surface area is 114 Å². The number of carbonyl (C=O) groups is 3. The van der Waals surface area contributed by atoms with Crippen LogP contribution in [0.1, 0.15) is 27.2 Å². The maximum Gasteiger partial charge on any atom is 0.464 e. The van der Waals surface area contributed by atoms with Gasteiger partial charge in [0.15, 0.2) is 0 Å². The Morgan fingerprint density at radius 3 is 2.05 bits per heavy atom. The third kappa shape index (κ3) is 7.40. The fourth-order valence-corrected chi connectivity index (χ4v) is 4.16. The summed E-state index contributed by atoms with van der Waals surface area (Å²) < 4.78 is 15.3. The molecule has 0 aliphatic rings. The van der Waals surface area contributed by atoms with Crippen molar-refractivity contribution >= 4 is 26.5 Å². The second-order valence-corrected chi connectivity index (χ2v) is 7.36. The van der Waals surface area contributed by atoms with Crippen LogP contribution in [0.5, 0.6) is 0 Å². The highest BCUT2D eigenvalue weighted by Gasteiger charge is 2.41. The lowest BCUT2D eigenvalue weighted by molar-refractivity contribution is -0.140. The van der Waals surface area contributed by atoms with E-state index in [2.05, 4.69) is 6.58 Å². The summed E-state index contributed by atoms with van der Waals surface area (Å²) in [6.45, 7) is 7.80. The van der Waals surface area contributed by atoms with Crippen LogP contribution in [0.15, 0.2) is 12.7 Å². The van der Waals surface area contributed by atoms with E-state index in [9.17, 15) is 14.4 Å². The summed E-state index contributed by atoms with van der Waals surface area (Å²) in [7, 11) is -2.89. The lowest BCUT2D eigenvalue weighted by Crippen LogP contribution is -2.44. The fraction of sp³-hybridized carbons (Fsp3) is 0.583. The maximum absolute atomic E-state index is 11.1. The molecule has 7 heteroatoms. The van der Waals surface area contributed by atoms with Crippen LogP contribution in [-0.2, 0) is 28.0 Å². The number of ether oxygens (including phenoxy) is 1. The highest BCUT2D eigenvalue weighted by Crippen LogP contribution is 2.21. The first-order chi connectivity index (χ1) is 8.85. The zero-order valence-corrected chi connectivity index (χ0v) is 12.6. The van der Waals surface area contributed by atoms with Gasteiger partial charge in [-0.25, -0.2) is 4.79 Å². The first-order valence-electron chi connectivity index (χ1n) is 6.03. The molecule has 0 aliphatic carbocycles. The normalized spacial score (nSPS) is 10.5. The minimum absolute atomic E-state index is 0.169. The van der Waals surface area contributed by atoms with Gasteiger partial charge < -0.3 is 13.6 Å². The number of esters is 1. The minimum atomic E-state index is -2.89. The third-order valence-corrected chi connectivity index (χ3v) is 5.82. The lowest BCUT2D eigenvalue weighted by Gasteiger charge is -2.27. The third-order valence-electron chi connectivity index (χ3n) is 2.31. The predicted molar refractivity (Wildman–Crippen MR) is 70.3 cm³/mol. The highest BCUT2D eigenvalue weighted by molar-refractivity contribution is 6.70. The van der Waals surface area contributed by atoms with E-state index < -0.39 is 26.5 Å². The summed E-state index contributed by atoms with van der Waals surface area (Å²) in [4.78, 5) is 33.1. The van der Waals surface area contributed by atoms with E-state index in [-0.39, 0.29) is 6.61 Å². The van der Waals surface area contributed by atoms with Gasteiger partial charge in [-0.05, 0) is 6.42 Å². The Kier molecular flexibility index (Phi) is 7.74. The second-order valence-electron chi connectivity index (χ2n) is 3.93. The summed E-state index contributed by atoms with van der Waals surface area (Å²) in [5.74, 6) is -1.46. The van der Waals surface area contributed by atoms with Crippen LogP contribution in [0.3, 0.4) is 0 Å². The molecule has 0 aromatic heterocycles. The Hall–Kier alpha value is -1.63. The molecule has 0 aliphatic heterocycles. The van der Waals surface area contributed by atoms with E-state index >= 15 is 0 Å². The Morgan fingerprint density at radius 2 is 1.68 bits per heavy atom. The minimum Gasteiger partial charge on any atom is -0.485 e. The van der Waals surface area contributed by atoms with Gasteiger partial charge in [-0.2, -0.15) is 0 Å².